The Balaban J connectivity index is 1.23. The van der Waals surface area contributed by atoms with Gasteiger partial charge in [-0.15, -0.1) is 0 Å². The lowest BCUT2D eigenvalue weighted by Gasteiger charge is -2.34. The Hall–Kier alpha value is -7.53. The van der Waals surface area contributed by atoms with E-state index in [1.807, 2.05) is 12.1 Å². The van der Waals surface area contributed by atoms with Crippen molar-refractivity contribution < 1.29 is 4.39 Å². The molecule has 0 saturated carbocycles. The van der Waals surface area contributed by atoms with Crippen LogP contribution in [0.25, 0.3) is 49.0 Å². The van der Waals surface area contributed by atoms with Crippen molar-refractivity contribution in [3.8, 4) is 5.69 Å². The van der Waals surface area contributed by atoms with Crippen LogP contribution in [0.2, 0.25) is 0 Å². The summed E-state index contributed by atoms with van der Waals surface area (Å²) in [6, 6.07) is 84.4. The SMILES string of the molecule is Fc1ccc(-n2c3ccc(N(c4ccc5ccccc5c4)c4cccc5ccccc45)cc3c3cc([Si](c4ccccc4)(c4ccccc4)c4ccccc4)ccc32)cc1. The van der Waals surface area contributed by atoms with Crippen LogP contribution in [0, 0.1) is 5.82 Å². The van der Waals surface area contributed by atoms with E-state index in [2.05, 4.69) is 222 Å². The zero-order valence-electron chi connectivity index (χ0n) is 32.8. The maximum Gasteiger partial charge on any atom is 0.179 e. The van der Waals surface area contributed by atoms with Crippen molar-refractivity contribution in [2.45, 2.75) is 0 Å². The van der Waals surface area contributed by atoms with E-state index in [1.54, 1.807) is 12.1 Å². The number of rotatable bonds is 8. The summed E-state index contributed by atoms with van der Waals surface area (Å²) in [4.78, 5) is 2.40. The molecule has 0 unspecified atom stereocenters. The van der Waals surface area contributed by atoms with Gasteiger partial charge in [0, 0.05) is 33.2 Å². The Bertz CT molecular complexity index is 3220. The lowest BCUT2D eigenvalue weighted by atomic mass is 10.0. The van der Waals surface area contributed by atoms with Crippen molar-refractivity contribution in [3.05, 3.63) is 242 Å². The van der Waals surface area contributed by atoms with Crippen LogP contribution in [0.5, 0.6) is 0 Å². The molecule has 1 heterocycles. The molecule has 4 heteroatoms. The van der Waals surface area contributed by atoms with Crippen LogP contribution < -0.4 is 25.6 Å². The Morgan fingerprint density at radius 1 is 0.350 bits per heavy atom. The maximum atomic E-state index is 14.5. The molecule has 0 bridgehead atoms. The molecule has 0 aliphatic heterocycles. The Labute approximate surface area is 349 Å². The summed E-state index contributed by atoms with van der Waals surface area (Å²) in [7, 11) is -2.85. The van der Waals surface area contributed by atoms with Gasteiger partial charge in [-0.2, -0.15) is 0 Å². The Kier molecular flexibility index (Phi) is 8.72. The van der Waals surface area contributed by atoms with Gasteiger partial charge >= 0.3 is 0 Å². The highest BCUT2D eigenvalue weighted by atomic mass is 28.3. The normalized spacial score (nSPS) is 11.8. The highest BCUT2D eigenvalue weighted by Crippen LogP contribution is 2.42. The number of hydrogen-bond donors (Lipinski definition) is 0. The molecule has 0 spiro atoms. The first kappa shape index (κ1) is 35.6. The first-order chi connectivity index (χ1) is 29.7. The molecular formula is C56H39FN2Si. The Morgan fingerprint density at radius 2 is 0.867 bits per heavy atom. The first-order valence-electron chi connectivity index (χ1n) is 20.4. The Morgan fingerprint density at radius 3 is 1.53 bits per heavy atom. The number of hydrogen-bond acceptors (Lipinski definition) is 1. The number of aromatic nitrogens is 1. The lowest BCUT2D eigenvalue weighted by molar-refractivity contribution is 0.627. The third-order valence-electron chi connectivity index (χ3n) is 12.1. The van der Waals surface area contributed by atoms with Gasteiger partial charge in [0.2, 0.25) is 0 Å². The summed E-state index contributed by atoms with van der Waals surface area (Å²) in [6.07, 6.45) is 0. The smallest absolute Gasteiger partial charge is 0.179 e. The molecule has 11 rings (SSSR count). The van der Waals surface area contributed by atoms with E-state index in [4.69, 9.17) is 0 Å². The fourth-order valence-corrected chi connectivity index (χ4v) is 14.2. The highest BCUT2D eigenvalue weighted by molar-refractivity contribution is 7.20. The molecular weight excluding hydrogens is 748 g/mol. The van der Waals surface area contributed by atoms with Gasteiger partial charge < -0.3 is 9.47 Å². The standard InChI is InChI=1S/C56H39FN2Si/c57-43-28-31-44(32-29-43)59-55-35-33-46(58(45-30-27-40-15-10-11-17-42(40)37-45)54-26-14-18-41-16-12-13-25-51(41)54)38-52(55)53-39-50(34-36-56(53)59)60(47-19-4-1-5-20-47,48-21-6-2-7-22-48)49-23-8-3-9-24-49/h1-39H. The molecule has 2 nitrogen and oxygen atoms in total. The van der Waals surface area contributed by atoms with Gasteiger partial charge in [-0.1, -0.05) is 170 Å². The maximum absolute atomic E-state index is 14.5. The molecule has 10 aromatic carbocycles. The number of nitrogens with zero attached hydrogens (tertiary/aromatic N) is 2. The van der Waals surface area contributed by atoms with Crippen LogP contribution in [0.4, 0.5) is 21.5 Å². The molecule has 0 N–H and O–H groups in total. The quantitative estimate of drug-likeness (QED) is 0.110. The van der Waals surface area contributed by atoms with Crippen molar-refractivity contribution in [1.82, 2.24) is 4.57 Å². The molecule has 0 fully saturated rings. The molecule has 0 aliphatic carbocycles. The van der Waals surface area contributed by atoms with Crippen molar-refractivity contribution in [3.63, 3.8) is 0 Å². The third-order valence-corrected chi connectivity index (χ3v) is 16.9. The molecule has 0 atom stereocenters. The van der Waals surface area contributed by atoms with E-state index in [0.29, 0.717) is 0 Å². The minimum Gasteiger partial charge on any atom is -0.310 e. The second kappa shape index (κ2) is 14.7. The summed E-state index contributed by atoms with van der Waals surface area (Å²) >= 11 is 0. The van der Waals surface area contributed by atoms with Gasteiger partial charge in [0.1, 0.15) is 5.82 Å². The molecule has 1 aromatic heterocycles. The van der Waals surface area contributed by atoms with Gasteiger partial charge in [0.05, 0.1) is 16.7 Å². The molecule has 60 heavy (non-hydrogen) atoms. The third kappa shape index (κ3) is 5.84. The van der Waals surface area contributed by atoms with Crippen molar-refractivity contribution in [1.29, 1.82) is 0 Å². The van der Waals surface area contributed by atoms with Crippen LogP contribution in [-0.2, 0) is 0 Å². The second-order valence-corrected chi connectivity index (χ2v) is 19.3. The van der Waals surface area contributed by atoms with Gasteiger partial charge in [-0.05, 0) is 104 Å². The molecule has 0 saturated heterocycles. The fourth-order valence-electron chi connectivity index (χ4n) is 9.46. The molecule has 11 aromatic rings. The van der Waals surface area contributed by atoms with E-state index < -0.39 is 8.07 Å². The number of halogens is 1. The van der Waals surface area contributed by atoms with Gasteiger partial charge in [0.15, 0.2) is 8.07 Å². The van der Waals surface area contributed by atoms with E-state index in [-0.39, 0.29) is 5.82 Å². The largest absolute Gasteiger partial charge is 0.310 e. The minimum atomic E-state index is -2.85. The number of anilines is 3. The van der Waals surface area contributed by atoms with E-state index in [1.165, 1.54) is 42.3 Å². The monoisotopic (exact) mass is 786 g/mol. The van der Waals surface area contributed by atoms with Crippen molar-refractivity contribution >= 4 is 89.2 Å². The van der Waals surface area contributed by atoms with Crippen LogP contribution >= 0.6 is 0 Å². The van der Waals surface area contributed by atoms with E-state index >= 15 is 0 Å². The molecule has 0 amide bonds. The molecule has 0 aliphatic rings. The average molecular weight is 787 g/mol. The summed E-state index contributed by atoms with van der Waals surface area (Å²) < 4.78 is 16.8. The topological polar surface area (TPSA) is 8.17 Å². The van der Waals surface area contributed by atoms with Gasteiger partial charge in [-0.3, -0.25) is 0 Å². The lowest BCUT2D eigenvalue weighted by Crippen LogP contribution is -2.74. The highest BCUT2D eigenvalue weighted by Gasteiger charge is 2.41. The van der Waals surface area contributed by atoms with Crippen LogP contribution in [0.15, 0.2) is 237 Å². The molecule has 284 valence electrons. The first-order valence-corrected chi connectivity index (χ1v) is 22.4. The van der Waals surface area contributed by atoms with Crippen LogP contribution in [-0.4, -0.2) is 12.6 Å². The zero-order valence-corrected chi connectivity index (χ0v) is 33.8. The number of benzene rings is 10. The molecule has 0 radical (unpaired) electrons. The summed E-state index contributed by atoms with van der Waals surface area (Å²) in [5.41, 5.74) is 6.27. The van der Waals surface area contributed by atoms with Crippen molar-refractivity contribution in [2.24, 2.45) is 0 Å². The van der Waals surface area contributed by atoms with Crippen LogP contribution in [0.3, 0.4) is 0 Å². The summed E-state index contributed by atoms with van der Waals surface area (Å²) in [5.74, 6) is -0.255. The fraction of sp³-hybridized carbons (Fsp3) is 0. The minimum absolute atomic E-state index is 0.255. The average Bonchev–Trinajstić information content (AvgIpc) is 3.64. The zero-order chi connectivity index (χ0) is 40.0. The van der Waals surface area contributed by atoms with E-state index in [0.717, 1.165) is 44.6 Å². The van der Waals surface area contributed by atoms with Gasteiger partial charge in [0.25, 0.3) is 0 Å². The summed E-state index contributed by atoms with van der Waals surface area (Å²) in [6.45, 7) is 0. The van der Waals surface area contributed by atoms with Crippen molar-refractivity contribution in [2.75, 3.05) is 4.90 Å². The second-order valence-electron chi connectivity index (χ2n) is 15.5. The van der Waals surface area contributed by atoms with Gasteiger partial charge in [-0.25, -0.2) is 4.39 Å². The van der Waals surface area contributed by atoms with Crippen LogP contribution in [0.1, 0.15) is 0 Å². The predicted octanol–water partition coefficient (Wildman–Crippen LogP) is 12.1. The van der Waals surface area contributed by atoms with E-state index in [9.17, 15) is 4.39 Å². The predicted molar refractivity (Wildman–Crippen MR) is 254 cm³/mol. The summed E-state index contributed by atoms with van der Waals surface area (Å²) in [5, 5.41) is 12.3. The number of fused-ring (bicyclic) bond motifs is 5.